The smallest absolute Gasteiger partial charge is 0.328 e. The number of nitrogens with zero attached hydrogens (tertiary/aromatic N) is 2. The van der Waals surface area contributed by atoms with Crippen molar-refractivity contribution in [2.24, 2.45) is 0 Å². The molecule has 1 fully saturated rings. The first kappa shape index (κ1) is 39.4. The number of carbonyl (C=O) groups excluding carboxylic acids is 1. The minimum atomic E-state index is -1.26. The van der Waals surface area contributed by atoms with Crippen molar-refractivity contribution in [3.8, 4) is 28.7 Å². The summed E-state index contributed by atoms with van der Waals surface area (Å²) < 4.78 is 26.8. The molecule has 47 heavy (non-hydrogen) atoms. The Kier molecular flexibility index (Phi) is 17.8. The van der Waals surface area contributed by atoms with Gasteiger partial charge in [-0.05, 0) is 42.0 Å². The quantitative estimate of drug-likeness (QED) is 0.137. The average Bonchev–Trinajstić information content (AvgIpc) is 3.04. The standard InChI is InChI=1S/C23H30N2O6.2C4H4O4/c1-27-18-5-7-19(8-6-18)31-22(26)16-25-11-9-24(10-12-25)15-17-13-20(28-2)23(30-4)21(14-17)29-3;2*5-3(6)1-2-4(7)8/h5-8,13-14H,9-12,15-16H2,1-4H3;2*1-2H,(H,5,6)(H,7,8)/b;2*2-1+. The molecule has 1 heterocycles. The van der Waals surface area contributed by atoms with Crippen LogP contribution >= 0.6 is 0 Å². The Bertz CT molecular complexity index is 1310. The predicted molar refractivity (Wildman–Crippen MR) is 165 cm³/mol. The minimum absolute atomic E-state index is 0.261. The van der Waals surface area contributed by atoms with Gasteiger partial charge < -0.3 is 44.1 Å². The fourth-order valence-electron chi connectivity index (χ4n) is 3.87. The summed E-state index contributed by atoms with van der Waals surface area (Å²) in [6.45, 7) is 4.33. The van der Waals surface area contributed by atoms with Crippen LogP contribution in [0.3, 0.4) is 0 Å². The van der Waals surface area contributed by atoms with Crippen molar-refractivity contribution in [1.82, 2.24) is 9.80 Å². The molecule has 0 atom stereocenters. The third kappa shape index (κ3) is 16.3. The fourth-order valence-corrected chi connectivity index (χ4v) is 3.87. The number of esters is 1. The number of hydrogen-bond donors (Lipinski definition) is 4. The van der Waals surface area contributed by atoms with Gasteiger partial charge in [-0.2, -0.15) is 0 Å². The molecule has 4 N–H and O–H groups in total. The number of carboxylic acids is 4. The van der Waals surface area contributed by atoms with Crippen molar-refractivity contribution >= 4 is 29.8 Å². The predicted octanol–water partition coefficient (Wildman–Crippen LogP) is 1.87. The van der Waals surface area contributed by atoms with Gasteiger partial charge in [0.05, 0.1) is 35.0 Å². The van der Waals surface area contributed by atoms with Crippen molar-refractivity contribution in [2.75, 3.05) is 61.2 Å². The number of rotatable bonds is 13. The summed E-state index contributed by atoms with van der Waals surface area (Å²) in [5.41, 5.74) is 1.09. The highest BCUT2D eigenvalue weighted by Crippen LogP contribution is 2.38. The van der Waals surface area contributed by atoms with E-state index in [1.54, 1.807) is 52.7 Å². The lowest BCUT2D eigenvalue weighted by Crippen LogP contribution is -2.48. The van der Waals surface area contributed by atoms with E-state index in [2.05, 4.69) is 9.80 Å². The van der Waals surface area contributed by atoms with Crippen LogP contribution in [-0.2, 0) is 30.5 Å². The Morgan fingerprint density at radius 2 is 1.02 bits per heavy atom. The molecule has 16 nitrogen and oxygen atoms in total. The van der Waals surface area contributed by atoms with E-state index in [-0.39, 0.29) is 12.5 Å². The van der Waals surface area contributed by atoms with Gasteiger partial charge >= 0.3 is 29.8 Å². The topological polar surface area (TPSA) is 219 Å². The number of benzene rings is 2. The molecule has 2 aromatic rings. The fraction of sp³-hybridized carbons (Fsp3) is 0.323. The van der Waals surface area contributed by atoms with Crippen molar-refractivity contribution in [3.05, 3.63) is 66.3 Å². The van der Waals surface area contributed by atoms with Gasteiger partial charge in [0.1, 0.15) is 11.5 Å². The second-order valence-electron chi connectivity index (χ2n) is 9.26. The Labute approximate surface area is 270 Å². The zero-order chi connectivity index (χ0) is 35.4. The zero-order valence-corrected chi connectivity index (χ0v) is 26.3. The lowest BCUT2D eigenvalue weighted by atomic mass is 10.1. The number of piperazine rings is 1. The van der Waals surface area contributed by atoms with Gasteiger partial charge in [-0.1, -0.05) is 0 Å². The Balaban J connectivity index is 0.000000569. The molecule has 3 rings (SSSR count). The number of methoxy groups -OCH3 is 4. The SMILES string of the molecule is COc1ccc(OC(=O)CN2CCN(Cc3cc(OC)c(OC)c(OC)c3)CC2)cc1.O=C(O)/C=C/C(=O)O.O=C(O)/C=C/C(=O)O. The van der Waals surface area contributed by atoms with E-state index in [4.69, 9.17) is 44.1 Å². The van der Waals surface area contributed by atoms with Crippen LogP contribution in [-0.4, -0.2) is 121 Å². The van der Waals surface area contributed by atoms with Gasteiger partial charge in [0.15, 0.2) is 11.5 Å². The highest BCUT2D eigenvalue weighted by molar-refractivity contribution is 5.90. The number of ether oxygens (including phenoxy) is 5. The normalized spacial score (nSPS) is 12.9. The van der Waals surface area contributed by atoms with Crippen molar-refractivity contribution in [2.45, 2.75) is 6.54 Å². The van der Waals surface area contributed by atoms with E-state index >= 15 is 0 Å². The van der Waals surface area contributed by atoms with E-state index in [1.807, 2.05) is 12.1 Å². The molecule has 0 spiro atoms. The van der Waals surface area contributed by atoms with Crippen molar-refractivity contribution in [1.29, 1.82) is 0 Å². The van der Waals surface area contributed by atoms with Crippen LogP contribution in [0, 0.1) is 0 Å². The van der Waals surface area contributed by atoms with Crippen LogP contribution < -0.4 is 23.7 Å². The summed E-state index contributed by atoms with van der Waals surface area (Å²) in [5, 5.41) is 31.2. The van der Waals surface area contributed by atoms with E-state index in [0.717, 1.165) is 44.0 Å². The first-order chi connectivity index (χ1) is 22.3. The van der Waals surface area contributed by atoms with Crippen LogP contribution in [0.25, 0.3) is 0 Å². The summed E-state index contributed by atoms with van der Waals surface area (Å²) in [5.74, 6) is -2.15. The van der Waals surface area contributed by atoms with Gasteiger partial charge in [0.25, 0.3) is 0 Å². The number of carboxylic acid groups (broad SMARTS) is 4. The van der Waals surface area contributed by atoms with Crippen LogP contribution in [0.4, 0.5) is 0 Å². The molecule has 16 heteroatoms. The van der Waals surface area contributed by atoms with E-state index in [9.17, 15) is 24.0 Å². The second-order valence-corrected chi connectivity index (χ2v) is 9.26. The Morgan fingerprint density at radius 3 is 1.38 bits per heavy atom. The summed E-state index contributed by atoms with van der Waals surface area (Å²) in [6.07, 6.45) is 2.23. The molecule has 256 valence electrons. The molecule has 0 unspecified atom stereocenters. The van der Waals surface area contributed by atoms with Crippen LogP contribution in [0.2, 0.25) is 0 Å². The maximum atomic E-state index is 12.3. The first-order valence-corrected chi connectivity index (χ1v) is 13.7. The van der Waals surface area contributed by atoms with E-state index in [0.29, 0.717) is 47.3 Å². The molecule has 0 saturated carbocycles. The molecule has 2 aromatic carbocycles. The summed E-state index contributed by atoms with van der Waals surface area (Å²) in [4.78, 5) is 54.9. The molecular weight excluding hydrogens is 624 g/mol. The molecular formula is C31H38N2O14. The third-order valence-electron chi connectivity index (χ3n) is 5.98. The van der Waals surface area contributed by atoms with Gasteiger partial charge in [-0.15, -0.1) is 0 Å². The van der Waals surface area contributed by atoms with Crippen LogP contribution in [0.15, 0.2) is 60.7 Å². The molecule has 0 aliphatic carbocycles. The molecule has 0 amide bonds. The minimum Gasteiger partial charge on any atom is -0.497 e. The van der Waals surface area contributed by atoms with Gasteiger partial charge in [0.2, 0.25) is 5.75 Å². The lowest BCUT2D eigenvalue weighted by molar-refractivity contribution is -0.136. The summed E-state index contributed by atoms with van der Waals surface area (Å²) in [6, 6.07) is 10.9. The van der Waals surface area contributed by atoms with Crippen molar-refractivity contribution in [3.63, 3.8) is 0 Å². The van der Waals surface area contributed by atoms with Gasteiger partial charge in [0, 0.05) is 57.0 Å². The first-order valence-electron chi connectivity index (χ1n) is 13.7. The Hall–Kier alpha value is -5.61. The summed E-state index contributed by atoms with van der Waals surface area (Å²) >= 11 is 0. The highest BCUT2D eigenvalue weighted by Gasteiger charge is 2.21. The van der Waals surface area contributed by atoms with Gasteiger partial charge in [-0.25, -0.2) is 19.2 Å². The van der Waals surface area contributed by atoms with Crippen LogP contribution in [0.5, 0.6) is 28.7 Å². The molecule has 0 bridgehead atoms. The monoisotopic (exact) mass is 662 g/mol. The molecule has 0 aromatic heterocycles. The second kappa shape index (κ2) is 21.2. The molecule has 0 radical (unpaired) electrons. The number of hydrogen-bond acceptors (Lipinski definition) is 12. The van der Waals surface area contributed by atoms with Crippen molar-refractivity contribution < 1.29 is 68.1 Å². The van der Waals surface area contributed by atoms with E-state index in [1.165, 1.54) is 0 Å². The largest absolute Gasteiger partial charge is 0.497 e. The number of aliphatic carboxylic acids is 4. The maximum absolute atomic E-state index is 12.3. The average molecular weight is 663 g/mol. The van der Waals surface area contributed by atoms with E-state index < -0.39 is 23.9 Å². The Morgan fingerprint density at radius 1 is 0.617 bits per heavy atom. The highest BCUT2D eigenvalue weighted by atomic mass is 16.5. The summed E-state index contributed by atoms with van der Waals surface area (Å²) in [7, 11) is 6.43. The van der Waals surface area contributed by atoms with Gasteiger partial charge in [-0.3, -0.25) is 14.6 Å². The lowest BCUT2D eigenvalue weighted by Gasteiger charge is -2.34. The molecule has 1 aliphatic heterocycles. The zero-order valence-electron chi connectivity index (χ0n) is 26.3. The molecule has 1 saturated heterocycles. The number of carbonyl (C=O) groups is 5. The third-order valence-corrected chi connectivity index (χ3v) is 5.98. The maximum Gasteiger partial charge on any atom is 0.328 e. The molecule has 1 aliphatic rings. The van der Waals surface area contributed by atoms with Crippen LogP contribution in [0.1, 0.15) is 5.56 Å².